The molecular formula is C26H36ClN3O4S. The Hall–Kier alpha value is -2.58. The fourth-order valence-corrected chi connectivity index (χ4v) is 4.85. The van der Waals surface area contributed by atoms with Gasteiger partial charge in [0.25, 0.3) is 0 Å². The maximum Gasteiger partial charge on any atom is 0.242 e. The molecule has 192 valence electrons. The van der Waals surface area contributed by atoms with Crippen LogP contribution in [0.4, 0.5) is 5.69 Å². The van der Waals surface area contributed by atoms with Crippen molar-refractivity contribution in [3.8, 4) is 0 Å². The highest BCUT2D eigenvalue weighted by atomic mass is 35.5. The van der Waals surface area contributed by atoms with Gasteiger partial charge in [0.15, 0.2) is 0 Å². The van der Waals surface area contributed by atoms with Crippen LogP contribution in [0.2, 0.25) is 5.02 Å². The Bertz CT molecular complexity index is 1150. The molecule has 2 aromatic rings. The monoisotopic (exact) mass is 521 g/mol. The van der Waals surface area contributed by atoms with Crippen LogP contribution >= 0.6 is 11.6 Å². The normalized spacial score (nSPS) is 12.7. The van der Waals surface area contributed by atoms with Crippen molar-refractivity contribution in [2.24, 2.45) is 0 Å². The predicted octanol–water partition coefficient (Wildman–Crippen LogP) is 4.53. The fourth-order valence-electron chi connectivity index (χ4n) is 3.68. The van der Waals surface area contributed by atoms with Crippen molar-refractivity contribution in [3.05, 3.63) is 64.7 Å². The van der Waals surface area contributed by atoms with Crippen molar-refractivity contribution < 1.29 is 18.0 Å². The maximum atomic E-state index is 13.3. The molecule has 0 bridgehead atoms. The van der Waals surface area contributed by atoms with E-state index < -0.39 is 21.6 Å². The molecule has 0 aliphatic carbocycles. The number of halogens is 1. The van der Waals surface area contributed by atoms with E-state index in [9.17, 15) is 18.0 Å². The van der Waals surface area contributed by atoms with Crippen LogP contribution in [0.1, 0.15) is 51.7 Å². The Morgan fingerprint density at radius 3 is 2.31 bits per heavy atom. The number of carbonyl (C=O) groups is 2. The third-order valence-electron chi connectivity index (χ3n) is 5.35. The molecule has 1 N–H and O–H groups in total. The van der Waals surface area contributed by atoms with E-state index in [0.717, 1.165) is 17.4 Å². The first-order valence-electron chi connectivity index (χ1n) is 11.6. The first-order valence-corrected chi connectivity index (χ1v) is 13.8. The number of anilines is 1. The van der Waals surface area contributed by atoms with Gasteiger partial charge in [-0.05, 0) is 76.4 Å². The van der Waals surface area contributed by atoms with Crippen molar-refractivity contribution in [3.63, 3.8) is 0 Å². The molecule has 0 unspecified atom stereocenters. The lowest BCUT2D eigenvalue weighted by Crippen LogP contribution is -2.52. The van der Waals surface area contributed by atoms with Crippen LogP contribution in [-0.4, -0.2) is 49.5 Å². The number of hydrogen-bond donors (Lipinski definition) is 1. The highest BCUT2D eigenvalue weighted by Gasteiger charge is 2.28. The van der Waals surface area contributed by atoms with Gasteiger partial charge in [-0.3, -0.25) is 13.9 Å². The molecule has 9 heteroatoms. The second-order valence-corrected chi connectivity index (χ2v) is 12.2. The van der Waals surface area contributed by atoms with Gasteiger partial charge >= 0.3 is 0 Å². The number of benzene rings is 2. The molecule has 0 radical (unpaired) electrons. The lowest BCUT2D eigenvalue weighted by atomic mass is 10.1. The summed E-state index contributed by atoms with van der Waals surface area (Å²) in [7, 11) is -3.53. The van der Waals surface area contributed by atoms with E-state index in [-0.39, 0.29) is 31.3 Å². The molecular weight excluding hydrogens is 486 g/mol. The summed E-state index contributed by atoms with van der Waals surface area (Å²) in [4.78, 5) is 27.7. The van der Waals surface area contributed by atoms with Gasteiger partial charge in [0, 0.05) is 30.1 Å². The molecule has 2 amide bonds. The molecule has 0 heterocycles. The van der Waals surface area contributed by atoms with Crippen molar-refractivity contribution in [1.29, 1.82) is 0 Å². The molecule has 35 heavy (non-hydrogen) atoms. The largest absolute Gasteiger partial charge is 0.350 e. The average Bonchev–Trinajstić information content (AvgIpc) is 2.72. The van der Waals surface area contributed by atoms with Crippen LogP contribution in [0.5, 0.6) is 0 Å². The third-order valence-corrected chi connectivity index (χ3v) is 6.78. The third kappa shape index (κ3) is 9.18. The topological polar surface area (TPSA) is 86.8 Å². The maximum absolute atomic E-state index is 13.3. The molecule has 0 saturated heterocycles. The highest BCUT2D eigenvalue weighted by Crippen LogP contribution is 2.21. The van der Waals surface area contributed by atoms with E-state index in [1.807, 2.05) is 39.8 Å². The van der Waals surface area contributed by atoms with E-state index in [1.54, 1.807) is 43.3 Å². The Labute approximate surface area is 214 Å². The predicted molar refractivity (Wildman–Crippen MR) is 142 cm³/mol. The molecule has 7 nitrogen and oxygen atoms in total. The Morgan fingerprint density at radius 1 is 1.09 bits per heavy atom. The zero-order chi connectivity index (χ0) is 26.4. The number of hydrogen-bond acceptors (Lipinski definition) is 4. The summed E-state index contributed by atoms with van der Waals surface area (Å²) >= 11 is 6.12. The van der Waals surface area contributed by atoms with Crippen LogP contribution in [0.15, 0.2) is 48.5 Å². The van der Waals surface area contributed by atoms with E-state index in [2.05, 4.69) is 5.32 Å². The van der Waals surface area contributed by atoms with Gasteiger partial charge < -0.3 is 10.2 Å². The minimum Gasteiger partial charge on any atom is -0.350 e. The first-order chi connectivity index (χ1) is 16.2. The molecule has 2 rings (SSSR count). The molecule has 0 aliphatic heterocycles. The number of nitrogens with zero attached hydrogens (tertiary/aromatic N) is 2. The molecule has 2 aromatic carbocycles. The zero-order valence-corrected chi connectivity index (χ0v) is 22.9. The minimum absolute atomic E-state index is 0.0888. The van der Waals surface area contributed by atoms with E-state index >= 15 is 0 Å². The van der Waals surface area contributed by atoms with Gasteiger partial charge in [0.05, 0.1) is 11.9 Å². The summed E-state index contributed by atoms with van der Waals surface area (Å²) in [5, 5.41) is 3.47. The molecule has 0 fully saturated rings. The second kappa shape index (κ2) is 11.9. The van der Waals surface area contributed by atoms with Crippen LogP contribution in [0, 0.1) is 6.92 Å². The van der Waals surface area contributed by atoms with Crippen LogP contribution in [0.25, 0.3) is 0 Å². The highest BCUT2D eigenvalue weighted by molar-refractivity contribution is 7.92. The lowest BCUT2D eigenvalue weighted by Gasteiger charge is -2.32. The zero-order valence-electron chi connectivity index (χ0n) is 21.3. The van der Waals surface area contributed by atoms with Gasteiger partial charge in [0.2, 0.25) is 21.8 Å². The van der Waals surface area contributed by atoms with Gasteiger partial charge in [-0.15, -0.1) is 0 Å². The van der Waals surface area contributed by atoms with Crippen LogP contribution in [-0.2, 0) is 26.2 Å². The Balaban J connectivity index is 2.19. The lowest BCUT2D eigenvalue weighted by molar-refractivity contribution is -0.141. The fraction of sp³-hybridized carbons (Fsp3) is 0.462. The van der Waals surface area contributed by atoms with Crippen molar-refractivity contribution >= 4 is 39.1 Å². The first kappa shape index (κ1) is 28.7. The van der Waals surface area contributed by atoms with Gasteiger partial charge in [-0.2, -0.15) is 0 Å². The summed E-state index contributed by atoms with van der Waals surface area (Å²) in [6.07, 6.45) is 1.55. The molecule has 0 aliphatic rings. The second-order valence-electron chi connectivity index (χ2n) is 9.84. The smallest absolute Gasteiger partial charge is 0.242 e. The number of amides is 2. The minimum atomic E-state index is -3.53. The summed E-state index contributed by atoms with van der Waals surface area (Å²) < 4.78 is 26.2. The van der Waals surface area contributed by atoms with Crippen molar-refractivity contribution in [2.45, 2.75) is 65.6 Å². The number of carbonyl (C=O) groups excluding carboxylic acids is 2. The van der Waals surface area contributed by atoms with Crippen LogP contribution in [0.3, 0.4) is 0 Å². The summed E-state index contributed by atoms with van der Waals surface area (Å²) in [6, 6.07) is 13.7. The average molecular weight is 522 g/mol. The van der Waals surface area contributed by atoms with Crippen LogP contribution < -0.4 is 9.62 Å². The number of aryl methyl sites for hydroxylation is 1. The molecule has 1 atom stereocenters. The Kier molecular flexibility index (Phi) is 9.75. The van der Waals surface area contributed by atoms with Gasteiger partial charge in [-0.1, -0.05) is 35.9 Å². The quantitative estimate of drug-likeness (QED) is 0.497. The number of nitrogens with one attached hydrogen (secondary N) is 1. The number of rotatable bonds is 10. The summed E-state index contributed by atoms with van der Waals surface area (Å²) in [5.74, 6) is -0.496. The van der Waals surface area contributed by atoms with Crippen molar-refractivity contribution in [2.75, 3.05) is 17.1 Å². The summed E-state index contributed by atoms with van der Waals surface area (Å²) in [5.41, 5.74) is 1.87. The van der Waals surface area contributed by atoms with Gasteiger partial charge in [-0.25, -0.2) is 8.42 Å². The van der Waals surface area contributed by atoms with Gasteiger partial charge in [0.1, 0.15) is 6.04 Å². The molecule has 0 aromatic heterocycles. The van der Waals surface area contributed by atoms with E-state index in [4.69, 9.17) is 11.6 Å². The van der Waals surface area contributed by atoms with Crippen molar-refractivity contribution in [1.82, 2.24) is 10.2 Å². The molecule has 0 spiro atoms. The summed E-state index contributed by atoms with van der Waals surface area (Å²) in [6.45, 7) is 9.60. The SMILES string of the molecule is Cc1cccc(N(CCCC(=O)N(Cc2cccc(Cl)c2)[C@@H](C)C(=O)NC(C)(C)C)S(C)(=O)=O)c1. The standard InChI is InChI=1S/C26H36ClN3O4S/c1-19-10-7-13-23(16-19)30(35(6,33)34)15-9-14-24(31)29(18-21-11-8-12-22(27)17-21)20(2)25(32)28-26(3,4)5/h7-8,10-13,16-17,20H,9,14-15,18H2,1-6H3,(H,28,32)/t20-/m0/s1. The Morgan fingerprint density at radius 2 is 1.74 bits per heavy atom. The number of sulfonamides is 1. The van der Waals surface area contributed by atoms with E-state index in [1.165, 1.54) is 9.21 Å². The van der Waals surface area contributed by atoms with E-state index in [0.29, 0.717) is 17.1 Å². The molecule has 0 saturated carbocycles.